The van der Waals surface area contributed by atoms with E-state index in [1.807, 2.05) is 35.2 Å². The lowest BCUT2D eigenvalue weighted by atomic mass is 9.95. The minimum atomic E-state index is -0.355. The quantitative estimate of drug-likeness (QED) is 0.847. The first kappa shape index (κ1) is 16.9. The number of carbonyl (C=O) groups is 1. The zero-order chi connectivity index (χ0) is 16.9. The van der Waals surface area contributed by atoms with Gasteiger partial charge < -0.3 is 9.64 Å². The molecule has 24 heavy (non-hydrogen) atoms. The third-order valence-electron chi connectivity index (χ3n) is 5.19. The van der Waals surface area contributed by atoms with Crippen molar-refractivity contribution in [1.29, 1.82) is 5.26 Å². The summed E-state index contributed by atoms with van der Waals surface area (Å²) in [5.41, 5.74) is 0.937. The molecule has 2 saturated heterocycles. The molecule has 1 amide bonds. The second-order valence-corrected chi connectivity index (χ2v) is 6.76. The van der Waals surface area contributed by atoms with Gasteiger partial charge >= 0.3 is 0 Å². The van der Waals surface area contributed by atoms with Crippen molar-refractivity contribution >= 4 is 5.91 Å². The molecule has 0 saturated carbocycles. The number of ether oxygens (including phenoxy) is 1. The van der Waals surface area contributed by atoms with E-state index < -0.39 is 0 Å². The van der Waals surface area contributed by atoms with Crippen LogP contribution >= 0.6 is 0 Å². The van der Waals surface area contributed by atoms with Crippen LogP contribution in [0.3, 0.4) is 0 Å². The molecule has 5 nitrogen and oxygen atoms in total. The molecule has 2 heterocycles. The molecule has 0 spiro atoms. The molecule has 0 bridgehead atoms. The second kappa shape index (κ2) is 7.78. The molecular formula is C19H25N3O2. The highest BCUT2D eigenvalue weighted by Gasteiger charge is 2.38. The summed E-state index contributed by atoms with van der Waals surface area (Å²) in [6.45, 7) is 7.19. The van der Waals surface area contributed by atoms with E-state index in [2.05, 4.69) is 17.9 Å². The van der Waals surface area contributed by atoms with Crippen molar-refractivity contribution in [3.63, 3.8) is 0 Å². The van der Waals surface area contributed by atoms with Crippen LogP contribution in [0, 0.1) is 17.2 Å². The lowest BCUT2D eigenvalue weighted by Crippen LogP contribution is -2.47. The number of amides is 1. The zero-order valence-electron chi connectivity index (χ0n) is 14.2. The first-order valence-electron chi connectivity index (χ1n) is 8.73. The normalized spacial score (nSPS) is 26.1. The van der Waals surface area contributed by atoms with Gasteiger partial charge in [0.25, 0.3) is 0 Å². The summed E-state index contributed by atoms with van der Waals surface area (Å²) in [7, 11) is 0. The molecule has 2 fully saturated rings. The monoisotopic (exact) mass is 327 g/mol. The van der Waals surface area contributed by atoms with Gasteiger partial charge in [-0.15, -0.1) is 0 Å². The topological polar surface area (TPSA) is 56.6 Å². The summed E-state index contributed by atoms with van der Waals surface area (Å²) in [5, 5.41) is 9.15. The highest BCUT2D eigenvalue weighted by molar-refractivity contribution is 5.84. The third-order valence-corrected chi connectivity index (χ3v) is 5.19. The maximum Gasteiger partial charge on any atom is 0.231 e. The number of carbonyl (C=O) groups excluding carboxylic acids is 1. The molecule has 2 aliphatic rings. The van der Waals surface area contributed by atoms with E-state index in [9.17, 15) is 4.79 Å². The molecule has 2 aliphatic heterocycles. The summed E-state index contributed by atoms with van der Waals surface area (Å²) >= 11 is 0. The Kier molecular flexibility index (Phi) is 5.49. The second-order valence-electron chi connectivity index (χ2n) is 6.76. The Labute approximate surface area is 143 Å². The maximum absolute atomic E-state index is 13.0. The zero-order valence-corrected chi connectivity index (χ0v) is 14.2. The number of nitriles is 1. The Balaban J connectivity index is 1.71. The Morgan fingerprint density at radius 1 is 1.29 bits per heavy atom. The van der Waals surface area contributed by atoms with Gasteiger partial charge in [-0.1, -0.05) is 37.3 Å². The Hall–Kier alpha value is -1.90. The molecule has 3 unspecified atom stereocenters. The smallest absolute Gasteiger partial charge is 0.231 e. The van der Waals surface area contributed by atoms with Crippen LogP contribution in [0.4, 0.5) is 0 Å². The van der Waals surface area contributed by atoms with Crippen molar-refractivity contribution in [2.75, 3.05) is 39.4 Å². The lowest BCUT2D eigenvalue weighted by Gasteiger charge is -2.34. The predicted octanol–water partition coefficient (Wildman–Crippen LogP) is 1.86. The molecular weight excluding hydrogens is 302 g/mol. The molecule has 0 radical (unpaired) electrons. The van der Waals surface area contributed by atoms with Crippen LogP contribution < -0.4 is 0 Å². The molecule has 128 valence electrons. The van der Waals surface area contributed by atoms with E-state index in [-0.39, 0.29) is 18.2 Å². The van der Waals surface area contributed by atoms with Crippen LogP contribution in [-0.2, 0) is 9.53 Å². The van der Waals surface area contributed by atoms with Crippen LogP contribution in [0.15, 0.2) is 30.3 Å². The first-order valence-corrected chi connectivity index (χ1v) is 8.73. The summed E-state index contributed by atoms with van der Waals surface area (Å²) in [5.74, 6) is 0.183. The van der Waals surface area contributed by atoms with Crippen LogP contribution in [0.1, 0.15) is 24.8 Å². The molecule has 1 aromatic rings. The standard InChI is InChI=1S/C19H25N3O2/c1-15-13-22(14-18(15)21-9-11-24-12-10-21)19(23)17(7-8-20)16-5-3-2-4-6-16/h2-6,15,17-18H,7,9-14H2,1H3. The SMILES string of the molecule is CC1CN(C(=O)C(CC#N)c2ccccc2)CC1N1CCOCC1. The van der Waals surface area contributed by atoms with Crippen molar-refractivity contribution in [1.82, 2.24) is 9.80 Å². The summed E-state index contributed by atoms with van der Waals surface area (Å²) < 4.78 is 5.44. The molecule has 3 atom stereocenters. The molecule has 0 N–H and O–H groups in total. The number of hydrogen-bond donors (Lipinski definition) is 0. The van der Waals surface area contributed by atoms with E-state index in [1.54, 1.807) is 0 Å². The van der Waals surface area contributed by atoms with Gasteiger partial charge in [-0.25, -0.2) is 0 Å². The van der Waals surface area contributed by atoms with Crippen molar-refractivity contribution in [3.05, 3.63) is 35.9 Å². The van der Waals surface area contributed by atoms with Gasteiger partial charge in [0.05, 0.1) is 31.6 Å². The van der Waals surface area contributed by atoms with Crippen molar-refractivity contribution in [2.45, 2.75) is 25.3 Å². The van der Waals surface area contributed by atoms with E-state index in [1.165, 1.54) is 0 Å². The number of benzene rings is 1. The van der Waals surface area contributed by atoms with Crippen molar-refractivity contribution in [2.24, 2.45) is 5.92 Å². The summed E-state index contributed by atoms with van der Waals surface area (Å²) in [6.07, 6.45) is 0.232. The fourth-order valence-electron chi connectivity index (χ4n) is 3.86. The number of hydrogen-bond acceptors (Lipinski definition) is 4. The summed E-state index contributed by atoms with van der Waals surface area (Å²) in [4.78, 5) is 17.4. The Morgan fingerprint density at radius 2 is 2.00 bits per heavy atom. The number of rotatable bonds is 4. The van der Waals surface area contributed by atoms with E-state index in [0.717, 1.165) is 45.0 Å². The van der Waals surface area contributed by atoms with Crippen molar-refractivity contribution < 1.29 is 9.53 Å². The molecule has 5 heteroatoms. The highest BCUT2D eigenvalue weighted by atomic mass is 16.5. The van der Waals surface area contributed by atoms with Gasteiger partial charge in [0.1, 0.15) is 0 Å². The van der Waals surface area contributed by atoms with Crippen LogP contribution in [-0.4, -0.2) is 61.1 Å². The number of nitrogens with zero attached hydrogens (tertiary/aromatic N) is 3. The van der Waals surface area contributed by atoms with Gasteiger partial charge in [-0.2, -0.15) is 5.26 Å². The average molecular weight is 327 g/mol. The minimum absolute atomic E-state index is 0.0883. The molecule has 0 aromatic heterocycles. The number of likely N-dealkylation sites (tertiary alicyclic amines) is 1. The highest BCUT2D eigenvalue weighted by Crippen LogP contribution is 2.28. The van der Waals surface area contributed by atoms with Gasteiger partial charge in [-0.3, -0.25) is 9.69 Å². The molecule has 3 rings (SSSR count). The van der Waals surface area contributed by atoms with Crippen LogP contribution in [0.2, 0.25) is 0 Å². The number of morpholine rings is 1. The van der Waals surface area contributed by atoms with Crippen LogP contribution in [0.5, 0.6) is 0 Å². The molecule has 0 aliphatic carbocycles. The Bertz CT molecular complexity index is 592. The Morgan fingerprint density at radius 3 is 2.67 bits per heavy atom. The summed E-state index contributed by atoms with van der Waals surface area (Å²) in [6, 6.07) is 12.3. The minimum Gasteiger partial charge on any atom is -0.379 e. The first-order chi connectivity index (χ1) is 11.7. The fourth-order valence-corrected chi connectivity index (χ4v) is 3.86. The largest absolute Gasteiger partial charge is 0.379 e. The van der Waals surface area contributed by atoms with Crippen molar-refractivity contribution in [3.8, 4) is 6.07 Å². The van der Waals surface area contributed by atoms with E-state index in [4.69, 9.17) is 10.00 Å². The lowest BCUT2D eigenvalue weighted by molar-refractivity contribution is -0.132. The predicted molar refractivity (Wildman–Crippen MR) is 91.3 cm³/mol. The van der Waals surface area contributed by atoms with E-state index >= 15 is 0 Å². The van der Waals surface area contributed by atoms with Gasteiger partial charge in [0, 0.05) is 32.2 Å². The van der Waals surface area contributed by atoms with Gasteiger partial charge in [0.15, 0.2) is 0 Å². The maximum atomic E-state index is 13.0. The van der Waals surface area contributed by atoms with Gasteiger partial charge in [-0.05, 0) is 11.5 Å². The van der Waals surface area contributed by atoms with Crippen LogP contribution in [0.25, 0.3) is 0 Å². The molecule has 1 aromatic carbocycles. The third kappa shape index (κ3) is 3.61. The van der Waals surface area contributed by atoms with Gasteiger partial charge in [0.2, 0.25) is 5.91 Å². The fraction of sp³-hybridized carbons (Fsp3) is 0.579. The van der Waals surface area contributed by atoms with E-state index in [0.29, 0.717) is 12.0 Å². The average Bonchev–Trinajstić information content (AvgIpc) is 3.02.